The molecule has 0 atom stereocenters. The SMILES string of the molecule is CCOc1cc(/C=C2\SC(=S)N(c3ccc(F)cc3)C2=O)ccc1OCC(=O)Nc1ccc(Br)cc1C. The summed E-state index contributed by atoms with van der Waals surface area (Å²) in [5.41, 5.74) is 2.83. The van der Waals surface area contributed by atoms with E-state index in [9.17, 15) is 14.0 Å². The van der Waals surface area contributed by atoms with Gasteiger partial charge in [-0.3, -0.25) is 14.5 Å². The fourth-order valence-corrected chi connectivity index (χ4v) is 5.31. The Balaban J connectivity index is 1.47. The maximum absolute atomic E-state index is 13.3. The zero-order valence-electron chi connectivity index (χ0n) is 19.9. The third-order valence-electron chi connectivity index (χ3n) is 5.27. The molecule has 4 rings (SSSR count). The second-order valence-electron chi connectivity index (χ2n) is 7.93. The molecule has 1 N–H and O–H groups in total. The van der Waals surface area contributed by atoms with Crippen LogP contribution in [0.25, 0.3) is 6.08 Å². The number of anilines is 2. The number of nitrogens with zero attached hydrogens (tertiary/aromatic N) is 1. The molecule has 2 amide bonds. The van der Waals surface area contributed by atoms with E-state index >= 15 is 0 Å². The predicted molar refractivity (Wildman–Crippen MR) is 153 cm³/mol. The van der Waals surface area contributed by atoms with Crippen molar-refractivity contribution in [3.05, 3.63) is 87.0 Å². The lowest BCUT2D eigenvalue weighted by Crippen LogP contribution is -2.27. The fraction of sp³-hybridized carbons (Fsp3) is 0.148. The Bertz CT molecular complexity index is 1400. The smallest absolute Gasteiger partial charge is 0.270 e. The lowest BCUT2D eigenvalue weighted by atomic mass is 10.1. The molecule has 1 aliphatic rings. The topological polar surface area (TPSA) is 67.9 Å². The van der Waals surface area contributed by atoms with Crippen LogP contribution in [0.15, 0.2) is 70.0 Å². The summed E-state index contributed by atoms with van der Waals surface area (Å²) >= 11 is 9.95. The average molecular weight is 602 g/mol. The van der Waals surface area contributed by atoms with E-state index in [1.165, 1.54) is 29.2 Å². The summed E-state index contributed by atoms with van der Waals surface area (Å²) in [6, 6.07) is 16.4. The normalized spacial score (nSPS) is 14.3. The van der Waals surface area contributed by atoms with Gasteiger partial charge in [-0.2, -0.15) is 0 Å². The quantitative estimate of drug-likeness (QED) is 0.229. The molecule has 1 heterocycles. The average Bonchev–Trinajstić information content (AvgIpc) is 3.13. The highest BCUT2D eigenvalue weighted by Gasteiger charge is 2.33. The van der Waals surface area contributed by atoms with Gasteiger partial charge in [0.2, 0.25) is 0 Å². The second-order valence-corrected chi connectivity index (χ2v) is 10.5. The summed E-state index contributed by atoms with van der Waals surface area (Å²) in [5.74, 6) is -0.143. The van der Waals surface area contributed by atoms with Crippen LogP contribution in [0.2, 0.25) is 0 Å². The van der Waals surface area contributed by atoms with Crippen LogP contribution < -0.4 is 19.7 Å². The van der Waals surface area contributed by atoms with Gasteiger partial charge in [-0.15, -0.1) is 0 Å². The van der Waals surface area contributed by atoms with Crippen LogP contribution >= 0.6 is 39.9 Å². The molecule has 0 unspecified atom stereocenters. The third-order valence-corrected chi connectivity index (χ3v) is 7.06. The summed E-state index contributed by atoms with van der Waals surface area (Å²) in [5, 5.41) is 2.84. The van der Waals surface area contributed by atoms with E-state index in [0.717, 1.165) is 21.8 Å². The van der Waals surface area contributed by atoms with Crippen LogP contribution in [0.1, 0.15) is 18.1 Å². The number of aryl methyl sites for hydroxylation is 1. The molecule has 190 valence electrons. The summed E-state index contributed by atoms with van der Waals surface area (Å²) in [7, 11) is 0. The molecule has 0 radical (unpaired) electrons. The van der Waals surface area contributed by atoms with Crippen molar-refractivity contribution >= 4 is 73.5 Å². The van der Waals surface area contributed by atoms with Crippen molar-refractivity contribution in [1.82, 2.24) is 0 Å². The molecule has 1 saturated heterocycles. The van der Waals surface area contributed by atoms with Gasteiger partial charge in [0.25, 0.3) is 11.8 Å². The molecule has 6 nitrogen and oxygen atoms in total. The van der Waals surface area contributed by atoms with Gasteiger partial charge >= 0.3 is 0 Å². The van der Waals surface area contributed by atoms with Crippen LogP contribution in [0.4, 0.5) is 15.8 Å². The Morgan fingerprint density at radius 3 is 2.57 bits per heavy atom. The van der Waals surface area contributed by atoms with Gasteiger partial charge in [-0.1, -0.05) is 46.0 Å². The largest absolute Gasteiger partial charge is 0.490 e. The number of carbonyl (C=O) groups excluding carboxylic acids is 2. The number of amides is 2. The molecule has 1 fully saturated rings. The Labute approximate surface area is 232 Å². The monoisotopic (exact) mass is 600 g/mol. The van der Waals surface area contributed by atoms with E-state index in [1.807, 2.05) is 32.0 Å². The van der Waals surface area contributed by atoms with Crippen molar-refractivity contribution in [2.24, 2.45) is 0 Å². The van der Waals surface area contributed by atoms with Crippen LogP contribution in [0.5, 0.6) is 11.5 Å². The predicted octanol–water partition coefficient (Wildman–Crippen LogP) is 6.72. The number of ether oxygens (including phenoxy) is 2. The Kier molecular flexibility index (Phi) is 8.63. The Morgan fingerprint density at radius 1 is 1.11 bits per heavy atom. The maximum Gasteiger partial charge on any atom is 0.270 e. The number of hydrogen-bond donors (Lipinski definition) is 1. The van der Waals surface area contributed by atoms with Gasteiger partial charge in [0.15, 0.2) is 22.4 Å². The van der Waals surface area contributed by atoms with Gasteiger partial charge in [0, 0.05) is 10.2 Å². The zero-order chi connectivity index (χ0) is 26.5. The molecular weight excluding hydrogens is 579 g/mol. The van der Waals surface area contributed by atoms with Crippen LogP contribution in [0.3, 0.4) is 0 Å². The molecule has 10 heteroatoms. The highest BCUT2D eigenvalue weighted by Crippen LogP contribution is 2.37. The second kappa shape index (κ2) is 11.9. The number of thiocarbonyl (C=S) groups is 1. The number of thioether (sulfide) groups is 1. The molecule has 1 aliphatic heterocycles. The summed E-state index contributed by atoms with van der Waals surface area (Å²) in [6.07, 6.45) is 1.71. The lowest BCUT2D eigenvalue weighted by molar-refractivity contribution is -0.118. The van der Waals surface area contributed by atoms with Crippen molar-refractivity contribution in [2.75, 3.05) is 23.4 Å². The van der Waals surface area contributed by atoms with E-state index in [4.69, 9.17) is 21.7 Å². The van der Waals surface area contributed by atoms with Crippen LogP contribution in [-0.4, -0.2) is 29.3 Å². The molecule has 0 aliphatic carbocycles. The number of nitrogens with one attached hydrogen (secondary N) is 1. The first-order valence-corrected chi connectivity index (χ1v) is 13.3. The van der Waals surface area contributed by atoms with Crippen molar-refractivity contribution < 1.29 is 23.5 Å². The minimum atomic E-state index is -0.392. The minimum absolute atomic E-state index is 0.203. The van der Waals surface area contributed by atoms with E-state index in [-0.39, 0.29) is 18.4 Å². The molecule has 37 heavy (non-hydrogen) atoms. The molecule has 0 aromatic heterocycles. The van der Waals surface area contributed by atoms with Crippen molar-refractivity contribution in [3.8, 4) is 11.5 Å². The zero-order valence-corrected chi connectivity index (χ0v) is 23.1. The lowest BCUT2D eigenvalue weighted by Gasteiger charge is -2.14. The first-order valence-electron chi connectivity index (χ1n) is 11.2. The maximum atomic E-state index is 13.3. The van der Waals surface area contributed by atoms with E-state index in [1.54, 1.807) is 24.3 Å². The third kappa shape index (κ3) is 6.57. The summed E-state index contributed by atoms with van der Waals surface area (Å²) in [4.78, 5) is 27.3. The minimum Gasteiger partial charge on any atom is -0.490 e. The molecule has 3 aromatic rings. The van der Waals surface area contributed by atoms with Crippen molar-refractivity contribution in [2.45, 2.75) is 13.8 Å². The highest BCUT2D eigenvalue weighted by molar-refractivity contribution is 9.10. The molecule has 3 aromatic carbocycles. The Hall–Kier alpha value is -3.21. The van der Waals surface area contributed by atoms with Crippen LogP contribution in [0, 0.1) is 12.7 Å². The molecule has 0 saturated carbocycles. The van der Waals surface area contributed by atoms with E-state index < -0.39 is 5.82 Å². The van der Waals surface area contributed by atoms with E-state index in [0.29, 0.717) is 44.3 Å². The van der Waals surface area contributed by atoms with Gasteiger partial charge in [0.05, 0.1) is 17.2 Å². The highest BCUT2D eigenvalue weighted by atomic mass is 79.9. The first-order chi connectivity index (χ1) is 17.7. The molecule has 0 spiro atoms. The van der Waals surface area contributed by atoms with Crippen molar-refractivity contribution in [1.29, 1.82) is 0 Å². The van der Waals surface area contributed by atoms with Gasteiger partial charge in [0.1, 0.15) is 5.82 Å². The molecular formula is C27H22BrFN2O4S2. The summed E-state index contributed by atoms with van der Waals surface area (Å²) in [6.45, 7) is 3.93. The van der Waals surface area contributed by atoms with Crippen molar-refractivity contribution in [3.63, 3.8) is 0 Å². The van der Waals surface area contributed by atoms with Gasteiger partial charge in [-0.05, 0) is 85.6 Å². The standard InChI is InChI=1S/C27H22BrFN2O4S2/c1-3-34-23-13-17(14-24-26(33)31(27(36)37-24)20-8-6-19(29)7-9-20)4-11-22(23)35-15-25(32)30-21-10-5-18(28)12-16(21)2/h4-14H,3,15H2,1-2H3,(H,30,32)/b24-14-. The van der Waals surface area contributed by atoms with Crippen LogP contribution in [-0.2, 0) is 9.59 Å². The van der Waals surface area contributed by atoms with Gasteiger partial charge < -0.3 is 14.8 Å². The fourth-order valence-electron chi connectivity index (χ4n) is 3.53. The Morgan fingerprint density at radius 2 is 1.86 bits per heavy atom. The summed E-state index contributed by atoms with van der Waals surface area (Å²) < 4.78 is 26.0. The first kappa shape index (κ1) is 26.8. The van der Waals surface area contributed by atoms with Gasteiger partial charge in [-0.25, -0.2) is 4.39 Å². The number of carbonyl (C=O) groups is 2. The number of benzene rings is 3. The number of rotatable bonds is 8. The van der Waals surface area contributed by atoms with E-state index in [2.05, 4.69) is 21.2 Å². The number of hydrogen-bond acceptors (Lipinski definition) is 6. The molecule has 0 bridgehead atoms. The number of halogens is 2.